The van der Waals surface area contributed by atoms with Crippen molar-refractivity contribution >= 4 is 0 Å². The van der Waals surface area contributed by atoms with E-state index in [0.717, 1.165) is 45.8 Å². The van der Waals surface area contributed by atoms with E-state index in [1.54, 1.807) is 0 Å². The summed E-state index contributed by atoms with van der Waals surface area (Å²) >= 11 is 0. The van der Waals surface area contributed by atoms with Crippen LogP contribution in [0, 0.1) is 5.92 Å². The lowest BCUT2D eigenvalue weighted by molar-refractivity contribution is -0.0998. The summed E-state index contributed by atoms with van der Waals surface area (Å²) in [5.74, 6) is 0.679. The lowest BCUT2D eigenvalue weighted by Gasteiger charge is -2.53. The van der Waals surface area contributed by atoms with Gasteiger partial charge in [0.2, 0.25) is 0 Å². The molecule has 1 aliphatic carbocycles. The maximum Gasteiger partial charge on any atom is 0.0611 e. The smallest absolute Gasteiger partial charge is 0.0611 e. The Bertz CT molecular complexity index is 248. The molecule has 2 fully saturated rings. The monoisotopic (exact) mass is 256 g/mol. The van der Waals surface area contributed by atoms with Crippen LogP contribution in [0.4, 0.5) is 0 Å². The molecule has 4 heteroatoms. The van der Waals surface area contributed by atoms with E-state index in [2.05, 4.69) is 18.9 Å². The SMILES string of the molecule is CCOC1CC(CN)(N(C)CC2CCCOC2)C1. The Balaban J connectivity index is 1.81. The summed E-state index contributed by atoms with van der Waals surface area (Å²) in [6.07, 6.45) is 5.09. The molecule has 1 aliphatic heterocycles. The van der Waals surface area contributed by atoms with Crippen molar-refractivity contribution in [3.8, 4) is 0 Å². The normalized spacial score (nSPS) is 36.7. The summed E-state index contributed by atoms with van der Waals surface area (Å²) < 4.78 is 11.2. The first-order valence-electron chi connectivity index (χ1n) is 7.31. The molecule has 1 saturated heterocycles. The average Bonchev–Trinajstić information content (AvgIpc) is 2.34. The predicted octanol–water partition coefficient (Wildman–Crippen LogP) is 1.24. The fraction of sp³-hybridized carbons (Fsp3) is 1.00. The molecule has 0 aromatic carbocycles. The number of hydrogen-bond donors (Lipinski definition) is 1. The van der Waals surface area contributed by atoms with Gasteiger partial charge in [0.1, 0.15) is 0 Å². The summed E-state index contributed by atoms with van der Waals surface area (Å²) in [6.45, 7) is 6.57. The lowest BCUT2D eigenvalue weighted by Crippen LogP contribution is -2.63. The Kier molecular flexibility index (Phi) is 5.01. The topological polar surface area (TPSA) is 47.7 Å². The van der Waals surface area contributed by atoms with Crippen LogP contribution in [-0.4, -0.2) is 56.5 Å². The quantitative estimate of drug-likeness (QED) is 0.777. The van der Waals surface area contributed by atoms with Crippen LogP contribution < -0.4 is 5.73 Å². The largest absolute Gasteiger partial charge is 0.381 e. The van der Waals surface area contributed by atoms with Gasteiger partial charge in [0.05, 0.1) is 12.7 Å². The molecule has 0 aromatic heterocycles. The zero-order valence-electron chi connectivity index (χ0n) is 11.9. The standard InChI is InChI=1S/C14H28N2O2/c1-3-18-13-7-14(8-13,11-15)16(2)9-12-5-4-6-17-10-12/h12-13H,3-11,15H2,1-2H3. The highest BCUT2D eigenvalue weighted by Crippen LogP contribution is 2.39. The number of nitrogens with zero attached hydrogens (tertiary/aromatic N) is 1. The molecule has 1 heterocycles. The van der Waals surface area contributed by atoms with E-state index >= 15 is 0 Å². The van der Waals surface area contributed by atoms with Crippen molar-refractivity contribution in [2.24, 2.45) is 11.7 Å². The number of likely N-dealkylation sites (N-methyl/N-ethyl adjacent to an activating group) is 1. The molecule has 1 unspecified atom stereocenters. The first kappa shape index (κ1) is 14.3. The minimum absolute atomic E-state index is 0.178. The molecule has 0 aromatic rings. The van der Waals surface area contributed by atoms with Gasteiger partial charge >= 0.3 is 0 Å². The molecule has 0 amide bonds. The summed E-state index contributed by atoms with van der Waals surface area (Å²) in [5.41, 5.74) is 6.18. The highest BCUT2D eigenvalue weighted by Gasteiger charge is 2.47. The lowest BCUT2D eigenvalue weighted by atomic mass is 9.72. The van der Waals surface area contributed by atoms with Gasteiger partial charge < -0.3 is 15.2 Å². The van der Waals surface area contributed by atoms with E-state index in [-0.39, 0.29) is 5.54 Å². The van der Waals surface area contributed by atoms with Gasteiger partial charge in [-0.2, -0.15) is 0 Å². The Hall–Kier alpha value is -0.160. The maximum absolute atomic E-state index is 6.00. The molecule has 106 valence electrons. The van der Waals surface area contributed by atoms with Crippen molar-refractivity contribution in [3.05, 3.63) is 0 Å². The third kappa shape index (κ3) is 3.05. The molecule has 1 atom stereocenters. The predicted molar refractivity (Wildman–Crippen MR) is 72.6 cm³/mol. The summed E-state index contributed by atoms with van der Waals surface area (Å²) in [5, 5.41) is 0. The molecule has 0 bridgehead atoms. The second kappa shape index (κ2) is 6.33. The minimum Gasteiger partial charge on any atom is -0.381 e. The first-order chi connectivity index (χ1) is 8.70. The molecule has 1 saturated carbocycles. The molecule has 0 spiro atoms. The summed E-state index contributed by atoms with van der Waals surface area (Å²) in [6, 6.07) is 0. The number of ether oxygens (including phenoxy) is 2. The van der Waals surface area contributed by atoms with E-state index in [1.165, 1.54) is 12.8 Å². The summed E-state index contributed by atoms with van der Waals surface area (Å²) in [4.78, 5) is 2.46. The van der Waals surface area contributed by atoms with Gasteiger partial charge in [-0.25, -0.2) is 0 Å². The van der Waals surface area contributed by atoms with E-state index in [9.17, 15) is 0 Å². The van der Waals surface area contributed by atoms with Gasteiger partial charge in [0.25, 0.3) is 0 Å². The minimum atomic E-state index is 0.178. The van der Waals surface area contributed by atoms with Crippen LogP contribution in [0.15, 0.2) is 0 Å². The zero-order chi connectivity index (χ0) is 13.0. The van der Waals surface area contributed by atoms with Crippen molar-refractivity contribution in [1.29, 1.82) is 0 Å². The van der Waals surface area contributed by atoms with Gasteiger partial charge in [0, 0.05) is 31.8 Å². The molecule has 2 aliphatic rings. The number of rotatable bonds is 6. The van der Waals surface area contributed by atoms with E-state index < -0.39 is 0 Å². The van der Waals surface area contributed by atoms with Crippen LogP contribution in [0.2, 0.25) is 0 Å². The molecule has 2 N–H and O–H groups in total. The Labute approximate surface area is 111 Å². The second-order valence-electron chi connectivity index (χ2n) is 5.88. The molecule has 0 radical (unpaired) electrons. The third-order valence-electron chi connectivity index (χ3n) is 4.59. The molecule has 4 nitrogen and oxygen atoms in total. The first-order valence-corrected chi connectivity index (χ1v) is 7.31. The highest BCUT2D eigenvalue weighted by molar-refractivity contribution is 5.04. The van der Waals surface area contributed by atoms with Crippen molar-refractivity contribution < 1.29 is 9.47 Å². The molecule has 18 heavy (non-hydrogen) atoms. The fourth-order valence-corrected chi connectivity index (χ4v) is 3.31. The van der Waals surface area contributed by atoms with Crippen molar-refractivity contribution in [3.63, 3.8) is 0 Å². The zero-order valence-corrected chi connectivity index (χ0v) is 11.9. The highest BCUT2D eigenvalue weighted by atomic mass is 16.5. The van der Waals surface area contributed by atoms with E-state index in [0.29, 0.717) is 12.0 Å². The van der Waals surface area contributed by atoms with Crippen LogP contribution in [0.3, 0.4) is 0 Å². The Morgan fingerprint density at radius 3 is 2.78 bits per heavy atom. The van der Waals surface area contributed by atoms with Crippen LogP contribution in [0.5, 0.6) is 0 Å². The van der Waals surface area contributed by atoms with Crippen molar-refractivity contribution in [2.75, 3.05) is 40.0 Å². The van der Waals surface area contributed by atoms with Crippen LogP contribution in [0.1, 0.15) is 32.6 Å². The number of hydrogen-bond acceptors (Lipinski definition) is 4. The van der Waals surface area contributed by atoms with Crippen molar-refractivity contribution in [1.82, 2.24) is 4.90 Å². The van der Waals surface area contributed by atoms with Crippen molar-refractivity contribution in [2.45, 2.75) is 44.2 Å². The molecule has 2 rings (SSSR count). The second-order valence-corrected chi connectivity index (χ2v) is 5.88. The van der Waals surface area contributed by atoms with Gasteiger partial charge in [0.15, 0.2) is 0 Å². The van der Waals surface area contributed by atoms with E-state index in [4.69, 9.17) is 15.2 Å². The summed E-state index contributed by atoms with van der Waals surface area (Å²) in [7, 11) is 2.21. The van der Waals surface area contributed by atoms with Gasteiger partial charge in [-0.3, -0.25) is 4.90 Å². The Morgan fingerprint density at radius 2 is 2.22 bits per heavy atom. The van der Waals surface area contributed by atoms with E-state index in [1.807, 2.05) is 0 Å². The van der Waals surface area contributed by atoms with Crippen LogP contribution in [0.25, 0.3) is 0 Å². The third-order valence-corrected chi connectivity index (χ3v) is 4.59. The maximum atomic E-state index is 6.00. The van der Waals surface area contributed by atoms with Gasteiger partial charge in [-0.1, -0.05) is 0 Å². The van der Waals surface area contributed by atoms with Crippen LogP contribution in [-0.2, 0) is 9.47 Å². The average molecular weight is 256 g/mol. The van der Waals surface area contributed by atoms with Gasteiger partial charge in [-0.05, 0) is 45.6 Å². The molecular weight excluding hydrogens is 228 g/mol. The van der Waals surface area contributed by atoms with Crippen LogP contribution >= 0.6 is 0 Å². The molecular formula is C14H28N2O2. The Morgan fingerprint density at radius 1 is 1.44 bits per heavy atom. The van der Waals surface area contributed by atoms with Gasteiger partial charge in [-0.15, -0.1) is 0 Å². The fourth-order valence-electron chi connectivity index (χ4n) is 3.31. The number of nitrogens with two attached hydrogens (primary N) is 1.